The Kier molecular flexibility index (Phi) is 2.76. The van der Waals surface area contributed by atoms with Crippen molar-refractivity contribution in [1.82, 2.24) is 5.32 Å². The van der Waals surface area contributed by atoms with E-state index in [0.29, 0.717) is 5.04 Å². The Labute approximate surface area is 112 Å². The second-order valence-electron chi connectivity index (χ2n) is 3.88. The zero-order valence-corrected chi connectivity index (χ0v) is 10.6. The van der Waals surface area contributed by atoms with Gasteiger partial charge in [-0.1, -0.05) is 23.9 Å². The third-order valence-corrected chi connectivity index (χ3v) is 3.88. The molecule has 6 heteroatoms. The molecule has 0 aliphatic carbocycles. The Hall–Kier alpha value is -1.53. The van der Waals surface area contributed by atoms with E-state index in [2.05, 4.69) is 10.3 Å². The molecule has 3 rings (SSSR count). The van der Waals surface area contributed by atoms with E-state index in [9.17, 15) is 9.18 Å². The van der Waals surface area contributed by atoms with Gasteiger partial charge in [-0.3, -0.25) is 4.79 Å². The number of thioether (sulfide) groups is 1. The van der Waals surface area contributed by atoms with Crippen LogP contribution in [0.25, 0.3) is 5.57 Å². The predicted octanol–water partition coefficient (Wildman–Crippen LogP) is 2.34. The number of halogens is 1. The molecular weight excluding hydrogens is 271 g/mol. The molecule has 0 aromatic heterocycles. The van der Waals surface area contributed by atoms with Crippen molar-refractivity contribution < 1.29 is 9.18 Å². The third kappa shape index (κ3) is 1.87. The maximum absolute atomic E-state index is 12.9. The van der Waals surface area contributed by atoms with Gasteiger partial charge in [-0.2, -0.15) is 0 Å². The van der Waals surface area contributed by atoms with Crippen LogP contribution in [0.3, 0.4) is 0 Å². The molecule has 1 aromatic rings. The van der Waals surface area contributed by atoms with Crippen LogP contribution >= 0.6 is 24.0 Å². The fraction of sp³-hybridized carbons (Fsp3) is 0.0833. The lowest BCUT2D eigenvalue weighted by molar-refractivity contribution is -0.120. The van der Waals surface area contributed by atoms with Gasteiger partial charge in [-0.25, -0.2) is 9.38 Å². The molecular formula is C12H7FN2OS2. The number of amides is 1. The summed E-state index contributed by atoms with van der Waals surface area (Å²) in [7, 11) is 0. The smallest absolute Gasteiger partial charge is 0.240 e. The molecule has 0 spiro atoms. The van der Waals surface area contributed by atoms with Crippen molar-refractivity contribution in [3.05, 3.63) is 41.1 Å². The van der Waals surface area contributed by atoms with Gasteiger partial charge in [0.05, 0.1) is 5.04 Å². The van der Waals surface area contributed by atoms with E-state index in [1.165, 1.54) is 23.9 Å². The zero-order valence-electron chi connectivity index (χ0n) is 9.01. The molecule has 1 atom stereocenters. The van der Waals surface area contributed by atoms with Crippen molar-refractivity contribution in [3.8, 4) is 0 Å². The minimum atomic E-state index is -0.424. The number of rotatable bonds is 1. The fourth-order valence-electron chi connectivity index (χ4n) is 1.92. The van der Waals surface area contributed by atoms with Gasteiger partial charge in [0.25, 0.3) is 0 Å². The molecule has 0 saturated carbocycles. The van der Waals surface area contributed by atoms with Gasteiger partial charge >= 0.3 is 0 Å². The number of fused-ring (bicyclic) bond motifs is 1. The molecule has 18 heavy (non-hydrogen) atoms. The molecule has 2 aliphatic rings. The largest absolute Gasteiger partial charge is 0.300 e. The Balaban J connectivity index is 2.00. The normalized spacial score (nSPS) is 22.2. The summed E-state index contributed by atoms with van der Waals surface area (Å²) in [5.41, 5.74) is 1.65. The van der Waals surface area contributed by atoms with Crippen molar-refractivity contribution in [2.24, 2.45) is 10.9 Å². The fourth-order valence-corrected chi connectivity index (χ4v) is 3.21. The van der Waals surface area contributed by atoms with Crippen LogP contribution in [0, 0.1) is 11.7 Å². The summed E-state index contributed by atoms with van der Waals surface area (Å²) < 4.78 is 12.9. The minimum absolute atomic E-state index is 0.175. The number of hydrogen-bond acceptors (Lipinski definition) is 3. The summed E-state index contributed by atoms with van der Waals surface area (Å²) in [6.07, 6.45) is 0. The molecule has 1 aromatic carbocycles. The van der Waals surface area contributed by atoms with Crippen LogP contribution in [0.1, 0.15) is 5.56 Å². The summed E-state index contributed by atoms with van der Waals surface area (Å²) in [4.78, 5) is 16.1. The number of hydrogen-bond donors (Lipinski definition) is 1. The number of nitrogens with one attached hydrogen (secondary N) is 1. The van der Waals surface area contributed by atoms with Crippen LogP contribution in [0.15, 0.2) is 34.7 Å². The maximum Gasteiger partial charge on any atom is 0.240 e. The Bertz CT molecular complexity index is 607. The van der Waals surface area contributed by atoms with Gasteiger partial charge < -0.3 is 5.32 Å². The van der Waals surface area contributed by atoms with Crippen LogP contribution in [0.4, 0.5) is 4.39 Å². The molecule has 2 aliphatic heterocycles. The van der Waals surface area contributed by atoms with Gasteiger partial charge in [0.1, 0.15) is 11.7 Å². The summed E-state index contributed by atoms with van der Waals surface area (Å²) >= 11 is 6.26. The van der Waals surface area contributed by atoms with Crippen LogP contribution in [-0.2, 0) is 4.79 Å². The molecule has 0 fully saturated rings. The second-order valence-corrected chi connectivity index (χ2v) is 5.15. The van der Waals surface area contributed by atoms with E-state index in [1.807, 2.05) is 5.41 Å². The quantitative estimate of drug-likeness (QED) is 0.802. The number of thiocarbonyl (C=S) groups is 1. The number of carbonyl (C=O) groups excluding carboxylic acids is 1. The van der Waals surface area contributed by atoms with Crippen LogP contribution in [0.2, 0.25) is 0 Å². The van der Waals surface area contributed by atoms with Crippen molar-refractivity contribution >= 4 is 45.6 Å². The van der Waals surface area contributed by atoms with E-state index in [-0.39, 0.29) is 16.8 Å². The Morgan fingerprint density at radius 2 is 2.06 bits per heavy atom. The van der Waals surface area contributed by atoms with Crippen molar-refractivity contribution in [2.45, 2.75) is 0 Å². The SMILES string of the molecule is O=C1NC(=S)N=C2SC=C(c3ccc(F)cc3)C12. The first-order valence-corrected chi connectivity index (χ1v) is 6.50. The van der Waals surface area contributed by atoms with Gasteiger partial charge in [0, 0.05) is 0 Å². The molecule has 2 heterocycles. The van der Waals surface area contributed by atoms with Crippen LogP contribution < -0.4 is 5.32 Å². The molecule has 0 bridgehead atoms. The summed E-state index contributed by atoms with van der Waals surface area (Å²) in [6, 6.07) is 6.07. The highest BCUT2D eigenvalue weighted by Gasteiger charge is 2.37. The van der Waals surface area contributed by atoms with E-state index in [1.54, 1.807) is 12.1 Å². The number of carbonyl (C=O) groups is 1. The summed E-state index contributed by atoms with van der Waals surface area (Å²) in [6.45, 7) is 0. The highest BCUT2D eigenvalue weighted by atomic mass is 32.2. The number of benzene rings is 1. The molecule has 3 nitrogen and oxygen atoms in total. The number of nitrogens with zero attached hydrogens (tertiary/aromatic N) is 1. The van der Waals surface area contributed by atoms with Crippen molar-refractivity contribution in [2.75, 3.05) is 0 Å². The first-order chi connectivity index (χ1) is 8.65. The monoisotopic (exact) mass is 278 g/mol. The Morgan fingerprint density at radius 3 is 2.78 bits per heavy atom. The summed E-state index contributed by atoms with van der Waals surface area (Å²) in [5.74, 6) is -0.897. The Morgan fingerprint density at radius 1 is 1.33 bits per heavy atom. The van der Waals surface area contributed by atoms with Crippen LogP contribution in [-0.4, -0.2) is 16.1 Å². The highest BCUT2D eigenvalue weighted by molar-refractivity contribution is 8.17. The van der Waals surface area contributed by atoms with Crippen molar-refractivity contribution in [1.29, 1.82) is 0 Å². The van der Waals surface area contributed by atoms with Gasteiger partial charge in [0.2, 0.25) is 5.91 Å². The van der Waals surface area contributed by atoms with Gasteiger partial charge in [-0.15, -0.1) is 0 Å². The van der Waals surface area contributed by atoms with E-state index >= 15 is 0 Å². The second kappa shape index (κ2) is 4.29. The maximum atomic E-state index is 12.9. The average molecular weight is 278 g/mol. The predicted molar refractivity (Wildman–Crippen MR) is 73.6 cm³/mol. The van der Waals surface area contributed by atoms with Gasteiger partial charge in [-0.05, 0) is 40.9 Å². The zero-order chi connectivity index (χ0) is 12.7. The molecule has 1 N–H and O–H groups in total. The first kappa shape index (κ1) is 11.6. The number of aliphatic imine (C=N–C) groups is 1. The van der Waals surface area contributed by atoms with E-state index < -0.39 is 5.92 Å². The minimum Gasteiger partial charge on any atom is -0.300 e. The molecule has 0 radical (unpaired) electrons. The molecule has 1 unspecified atom stereocenters. The lowest BCUT2D eigenvalue weighted by Crippen LogP contribution is -2.41. The molecule has 0 saturated heterocycles. The van der Waals surface area contributed by atoms with Gasteiger partial charge in [0.15, 0.2) is 5.11 Å². The lowest BCUT2D eigenvalue weighted by Gasteiger charge is -2.19. The van der Waals surface area contributed by atoms with Crippen LogP contribution in [0.5, 0.6) is 0 Å². The topological polar surface area (TPSA) is 41.5 Å². The van der Waals surface area contributed by atoms with E-state index in [0.717, 1.165) is 11.1 Å². The lowest BCUT2D eigenvalue weighted by atomic mass is 9.93. The average Bonchev–Trinajstić information content (AvgIpc) is 2.74. The van der Waals surface area contributed by atoms with Crippen molar-refractivity contribution in [3.63, 3.8) is 0 Å². The first-order valence-electron chi connectivity index (χ1n) is 5.21. The highest BCUT2D eigenvalue weighted by Crippen LogP contribution is 2.39. The standard InChI is InChI=1S/C12H7FN2OS2/c13-7-3-1-6(2-4-7)8-5-18-11-9(8)10(16)14-12(17)15-11/h1-5,9H,(H,14,16,17). The molecule has 90 valence electrons. The third-order valence-electron chi connectivity index (χ3n) is 2.75. The molecule has 1 amide bonds. The van der Waals surface area contributed by atoms with E-state index in [4.69, 9.17) is 12.2 Å². The summed E-state index contributed by atoms with van der Waals surface area (Å²) in [5, 5.41) is 5.29.